The number of hydrogen-bond acceptors (Lipinski definition) is 6. The third-order valence-electron chi connectivity index (χ3n) is 7.52. The second kappa shape index (κ2) is 6.62. The Kier molecular flexibility index (Phi) is 4.66. The van der Waals surface area contributed by atoms with Crippen molar-refractivity contribution in [1.82, 2.24) is 4.90 Å². The Labute approximate surface area is 161 Å². The summed E-state index contributed by atoms with van der Waals surface area (Å²) in [5, 5.41) is 11.1. The average molecular weight is 377 g/mol. The number of hydrogen-bond donors (Lipinski definition) is 1. The van der Waals surface area contributed by atoms with Crippen LogP contribution in [0.3, 0.4) is 0 Å². The molecule has 4 rings (SSSR count). The van der Waals surface area contributed by atoms with Crippen molar-refractivity contribution in [2.24, 2.45) is 5.92 Å². The summed E-state index contributed by atoms with van der Waals surface area (Å²) in [6.07, 6.45) is 3.23. The van der Waals surface area contributed by atoms with Crippen LogP contribution in [0.25, 0.3) is 0 Å². The van der Waals surface area contributed by atoms with Gasteiger partial charge in [-0.1, -0.05) is 6.07 Å². The summed E-state index contributed by atoms with van der Waals surface area (Å²) in [4.78, 5) is 2.46. The molecule has 0 amide bonds. The minimum atomic E-state index is -0.824. The number of likely N-dealkylation sites (tertiary alicyclic amines) is 1. The maximum atomic E-state index is 11.1. The molecule has 150 valence electrons. The summed E-state index contributed by atoms with van der Waals surface area (Å²) in [7, 11) is 8.92. The number of ether oxygens (including phenoxy) is 4. The van der Waals surface area contributed by atoms with Crippen LogP contribution in [0.4, 0.5) is 0 Å². The highest BCUT2D eigenvalue weighted by atomic mass is 16.7. The molecule has 0 spiro atoms. The van der Waals surface area contributed by atoms with Gasteiger partial charge in [0.1, 0.15) is 6.10 Å². The van der Waals surface area contributed by atoms with Crippen molar-refractivity contribution < 1.29 is 24.1 Å². The number of phenols is 1. The van der Waals surface area contributed by atoms with Crippen LogP contribution in [0.1, 0.15) is 30.4 Å². The van der Waals surface area contributed by atoms with E-state index < -0.39 is 5.79 Å². The molecule has 3 aliphatic rings. The first-order valence-electron chi connectivity index (χ1n) is 9.69. The van der Waals surface area contributed by atoms with Gasteiger partial charge >= 0.3 is 0 Å². The molecule has 4 unspecified atom stereocenters. The van der Waals surface area contributed by atoms with Gasteiger partial charge in [0.15, 0.2) is 17.3 Å². The number of fused-ring (bicyclic) bond motifs is 1. The summed E-state index contributed by atoms with van der Waals surface area (Å²) < 4.78 is 23.2. The van der Waals surface area contributed by atoms with Crippen molar-refractivity contribution in [3.05, 3.63) is 23.3 Å². The van der Waals surface area contributed by atoms with Gasteiger partial charge in [-0.25, -0.2) is 0 Å². The van der Waals surface area contributed by atoms with Gasteiger partial charge < -0.3 is 29.0 Å². The maximum absolute atomic E-state index is 11.1. The van der Waals surface area contributed by atoms with Crippen molar-refractivity contribution >= 4 is 0 Å². The van der Waals surface area contributed by atoms with Crippen molar-refractivity contribution in [1.29, 1.82) is 0 Å². The summed E-state index contributed by atoms with van der Waals surface area (Å²) in [6.45, 7) is 0.985. The molecule has 1 saturated carbocycles. The first-order chi connectivity index (χ1) is 13.0. The predicted octanol–water partition coefficient (Wildman–Crippen LogP) is 2.31. The minimum absolute atomic E-state index is 0.145. The topological polar surface area (TPSA) is 60.4 Å². The third kappa shape index (κ3) is 2.47. The van der Waals surface area contributed by atoms with E-state index in [0.717, 1.165) is 31.4 Å². The maximum Gasteiger partial charge on any atom is 0.194 e. The van der Waals surface area contributed by atoms with Crippen LogP contribution >= 0.6 is 0 Å². The molecule has 0 aromatic heterocycles. The quantitative estimate of drug-likeness (QED) is 0.813. The number of benzene rings is 1. The highest BCUT2D eigenvalue weighted by Crippen LogP contribution is 2.61. The van der Waals surface area contributed by atoms with Crippen LogP contribution in [-0.2, 0) is 26.0 Å². The van der Waals surface area contributed by atoms with Crippen molar-refractivity contribution in [3.8, 4) is 11.5 Å². The van der Waals surface area contributed by atoms with Gasteiger partial charge in [-0.3, -0.25) is 0 Å². The van der Waals surface area contributed by atoms with Crippen molar-refractivity contribution in [3.63, 3.8) is 0 Å². The monoisotopic (exact) mass is 377 g/mol. The van der Waals surface area contributed by atoms with Gasteiger partial charge in [0.2, 0.25) is 0 Å². The van der Waals surface area contributed by atoms with E-state index in [9.17, 15) is 5.11 Å². The standard InChI is InChI=1S/C21H31NO5/c1-22-9-8-20-12-21(26-4,27-5)17(25-3)11-14(20)15(22)10-13-6-7-16(24-2)19(23)18(13)20/h6-7,14-15,17,23H,8-12H2,1-5H3. The number of piperidine rings is 1. The first kappa shape index (κ1) is 19.0. The normalized spacial score (nSPS) is 34.6. The Morgan fingerprint density at radius 2 is 1.89 bits per heavy atom. The van der Waals surface area contributed by atoms with E-state index in [2.05, 4.69) is 18.0 Å². The molecule has 1 heterocycles. The second-order valence-corrected chi connectivity index (χ2v) is 8.27. The Balaban J connectivity index is 1.93. The van der Waals surface area contributed by atoms with Gasteiger partial charge in [0.25, 0.3) is 0 Å². The van der Waals surface area contributed by atoms with E-state index in [1.54, 1.807) is 28.4 Å². The molecule has 2 fully saturated rings. The summed E-state index contributed by atoms with van der Waals surface area (Å²) in [5.41, 5.74) is 2.02. The van der Waals surface area contributed by atoms with Crippen LogP contribution in [0, 0.1) is 5.92 Å². The van der Waals surface area contributed by atoms with Crippen LogP contribution in [0.15, 0.2) is 12.1 Å². The largest absolute Gasteiger partial charge is 0.504 e. The highest BCUT2D eigenvalue weighted by Gasteiger charge is 2.63. The van der Waals surface area contributed by atoms with E-state index >= 15 is 0 Å². The van der Waals surface area contributed by atoms with E-state index in [4.69, 9.17) is 18.9 Å². The van der Waals surface area contributed by atoms with E-state index in [1.807, 2.05) is 6.07 Å². The fourth-order valence-electron chi connectivity index (χ4n) is 6.16. The molecule has 6 heteroatoms. The molecule has 27 heavy (non-hydrogen) atoms. The van der Waals surface area contributed by atoms with Gasteiger partial charge in [0.05, 0.1) is 7.11 Å². The fourth-order valence-corrected chi connectivity index (χ4v) is 6.16. The molecule has 6 nitrogen and oxygen atoms in total. The molecule has 1 N–H and O–H groups in total. The summed E-state index contributed by atoms with van der Waals surface area (Å²) in [6, 6.07) is 4.41. The zero-order chi connectivity index (χ0) is 19.4. The fraction of sp³-hybridized carbons (Fsp3) is 0.714. The number of rotatable bonds is 4. The SMILES string of the molecule is COc1ccc2c(c1O)C13CCN(C)C(C2)C1CC(OC)C(OC)(OC)C3. The Morgan fingerprint density at radius 1 is 1.15 bits per heavy atom. The molecule has 4 atom stereocenters. The van der Waals surface area contributed by atoms with Gasteiger partial charge in [-0.15, -0.1) is 0 Å². The molecular weight excluding hydrogens is 346 g/mol. The smallest absolute Gasteiger partial charge is 0.194 e. The van der Waals surface area contributed by atoms with Crippen LogP contribution in [-0.4, -0.2) is 70.0 Å². The Morgan fingerprint density at radius 3 is 2.52 bits per heavy atom. The average Bonchev–Trinajstić information content (AvgIpc) is 2.69. The lowest BCUT2D eigenvalue weighted by Crippen LogP contribution is -2.67. The van der Waals surface area contributed by atoms with Gasteiger partial charge in [-0.05, 0) is 50.4 Å². The molecule has 1 aromatic rings. The molecule has 1 saturated heterocycles. The van der Waals surface area contributed by atoms with Crippen LogP contribution in [0.5, 0.6) is 11.5 Å². The van der Waals surface area contributed by atoms with Gasteiger partial charge in [0, 0.05) is 44.8 Å². The number of aromatic hydroxyl groups is 1. The summed E-state index contributed by atoms with van der Waals surface area (Å²) >= 11 is 0. The van der Waals surface area contributed by atoms with Crippen LogP contribution < -0.4 is 4.74 Å². The predicted molar refractivity (Wildman–Crippen MR) is 101 cm³/mol. The number of likely N-dealkylation sites (N-methyl/N-ethyl adjacent to an activating group) is 1. The zero-order valence-corrected chi connectivity index (χ0v) is 16.9. The lowest BCUT2D eigenvalue weighted by atomic mass is 9.50. The number of phenolic OH excluding ortho intramolecular Hbond substituents is 1. The van der Waals surface area contributed by atoms with Crippen molar-refractivity contribution in [2.75, 3.05) is 42.0 Å². The second-order valence-electron chi connectivity index (χ2n) is 8.27. The van der Waals surface area contributed by atoms with Gasteiger partial charge in [-0.2, -0.15) is 0 Å². The molecular formula is C21H31NO5. The lowest BCUT2D eigenvalue weighted by molar-refractivity contribution is -0.302. The van der Waals surface area contributed by atoms with Crippen LogP contribution in [0.2, 0.25) is 0 Å². The number of methoxy groups -OCH3 is 4. The van der Waals surface area contributed by atoms with E-state index in [-0.39, 0.29) is 17.3 Å². The Hall–Kier alpha value is -1.34. The minimum Gasteiger partial charge on any atom is -0.504 e. The molecule has 1 aliphatic heterocycles. The Bertz CT molecular complexity index is 719. The van der Waals surface area contributed by atoms with Crippen molar-refractivity contribution in [2.45, 2.75) is 49.0 Å². The third-order valence-corrected chi connectivity index (χ3v) is 7.52. The van der Waals surface area contributed by atoms with E-state index in [1.165, 1.54) is 5.56 Å². The summed E-state index contributed by atoms with van der Waals surface area (Å²) in [5.74, 6) is 0.356. The molecule has 1 aromatic carbocycles. The highest BCUT2D eigenvalue weighted by molar-refractivity contribution is 5.56. The number of nitrogens with zero attached hydrogens (tertiary/aromatic N) is 1. The molecule has 0 radical (unpaired) electrons. The molecule has 2 aliphatic carbocycles. The molecule has 2 bridgehead atoms. The zero-order valence-electron chi connectivity index (χ0n) is 16.9. The lowest BCUT2D eigenvalue weighted by Gasteiger charge is -2.62. The first-order valence-corrected chi connectivity index (χ1v) is 9.69. The van der Waals surface area contributed by atoms with E-state index in [0.29, 0.717) is 24.1 Å².